The number of hydrogen-bond acceptors (Lipinski definition) is 5. The van der Waals surface area contributed by atoms with Crippen molar-refractivity contribution in [3.8, 4) is 0 Å². The summed E-state index contributed by atoms with van der Waals surface area (Å²) < 4.78 is 27.8. The van der Waals surface area contributed by atoms with Gasteiger partial charge in [-0.05, 0) is 26.0 Å². The molecule has 0 aliphatic rings. The van der Waals surface area contributed by atoms with Crippen LogP contribution in [0.2, 0.25) is 0 Å². The summed E-state index contributed by atoms with van der Waals surface area (Å²) >= 11 is 0. The Balaban J connectivity index is 2.54. The monoisotopic (exact) mass is 374 g/mol. The molecule has 0 saturated carbocycles. The van der Waals surface area contributed by atoms with Crippen molar-refractivity contribution in [1.82, 2.24) is 4.72 Å². The van der Waals surface area contributed by atoms with E-state index in [9.17, 15) is 23.3 Å². The second-order valence-electron chi connectivity index (χ2n) is 5.76. The number of nitro groups is 1. The Kier molecular flexibility index (Phi) is 5.69. The fourth-order valence-electron chi connectivity index (χ4n) is 2.36. The number of nitrogens with zero attached hydrogens (tertiary/aromatic N) is 1. The van der Waals surface area contributed by atoms with Crippen LogP contribution in [0.25, 0.3) is 0 Å². The molecule has 2 aromatic carbocycles. The molecule has 2 rings (SSSR count). The third-order valence-corrected chi connectivity index (χ3v) is 5.29. The minimum atomic E-state index is -4.03. The van der Waals surface area contributed by atoms with E-state index in [0.717, 1.165) is 5.56 Å². The molecule has 0 radical (unpaired) electrons. The molecule has 0 unspecified atom stereocenters. The van der Waals surface area contributed by atoms with Crippen LogP contribution in [0.1, 0.15) is 24.1 Å². The molecule has 0 bridgehead atoms. The Morgan fingerprint density at radius 2 is 1.73 bits per heavy atom. The Morgan fingerprint density at radius 3 is 2.27 bits per heavy atom. The minimum Gasteiger partial charge on any atom is -0.295 e. The number of ketones is 1. The average molecular weight is 374 g/mol. The summed E-state index contributed by atoms with van der Waals surface area (Å²) in [5.41, 5.74) is 0.544. The van der Waals surface area contributed by atoms with Gasteiger partial charge in [0.05, 0.1) is 21.4 Å². The van der Waals surface area contributed by atoms with E-state index in [1.807, 2.05) is 6.92 Å². The minimum absolute atomic E-state index is 0.0111. The van der Waals surface area contributed by atoms with Crippen LogP contribution in [0.3, 0.4) is 0 Å². The molecule has 2 aromatic rings. The first-order valence-corrected chi connectivity index (χ1v) is 9.14. The maximum atomic E-state index is 12.7. The number of carbonyl (C=O) groups is 1. The lowest BCUT2D eigenvalue weighted by molar-refractivity contribution is -0.385. The Bertz CT molecular complexity index is 965. The number of rotatable bonds is 7. The van der Waals surface area contributed by atoms with Gasteiger partial charge in [-0.3, -0.25) is 14.9 Å². The van der Waals surface area contributed by atoms with Crippen molar-refractivity contribution in [3.63, 3.8) is 0 Å². The molecule has 1 atom stereocenters. The van der Waals surface area contributed by atoms with Crippen LogP contribution in [0, 0.1) is 17.0 Å². The number of nitrogens with one attached hydrogen (secondary N) is 1. The van der Waals surface area contributed by atoms with Crippen LogP contribution in [0.5, 0.6) is 0 Å². The second-order valence-corrected chi connectivity index (χ2v) is 7.48. The summed E-state index contributed by atoms with van der Waals surface area (Å²) in [6.07, 6.45) is 0. The van der Waals surface area contributed by atoms with Crippen LogP contribution in [0.4, 0.5) is 5.69 Å². The summed E-state index contributed by atoms with van der Waals surface area (Å²) in [6, 6.07) is 10.5. The SMILES string of the molecule is C=C(C(C)=O)[C@H](NS(=O)(=O)c1ccc(C)cc1)c1ccccc1[N+](=O)[O-]. The van der Waals surface area contributed by atoms with E-state index >= 15 is 0 Å². The van der Waals surface area contributed by atoms with Crippen molar-refractivity contribution < 1.29 is 18.1 Å². The van der Waals surface area contributed by atoms with Crippen molar-refractivity contribution >= 4 is 21.5 Å². The van der Waals surface area contributed by atoms with Gasteiger partial charge in [0.2, 0.25) is 10.0 Å². The molecular formula is C18H18N2O5S. The van der Waals surface area contributed by atoms with Crippen LogP contribution < -0.4 is 4.72 Å². The molecule has 0 saturated heterocycles. The molecule has 0 fully saturated rings. The molecule has 0 aromatic heterocycles. The number of hydrogen-bond donors (Lipinski definition) is 1. The molecule has 1 N–H and O–H groups in total. The van der Waals surface area contributed by atoms with E-state index in [-0.39, 0.29) is 21.7 Å². The highest BCUT2D eigenvalue weighted by Gasteiger charge is 2.30. The molecule has 0 amide bonds. The number of para-hydroxylation sites is 1. The first-order chi connectivity index (χ1) is 12.1. The van der Waals surface area contributed by atoms with Crippen LogP contribution in [-0.4, -0.2) is 19.1 Å². The number of nitro benzene ring substituents is 1. The topological polar surface area (TPSA) is 106 Å². The highest BCUT2D eigenvalue weighted by molar-refractivity contribution is 7.89. The lowest BCUT2D eigenvalue weighted by Gasteiger charge is -2.20. The lowest BCUT2D eigenvalue weighted by atomic mass is 9.97. The van der Waals surface area contributed by atoms with E-state index in [1.165, 1.54) is 43.3 Å². The van der Waals surface area contributed by atoms with Crippen LogP contribution >= 0.6 is 0 Å². The quantitative estimate of drug-likeness (QED) is 0.455. The Labute approximate surface area is 151 Å². The Morgan fingerprint density at radius 1 is 1.15 bits per heavy atom. The number of Topliss-reactive ketones (excluding diaryl/α,β-unsaturated/α-hetero) is 1. The average Bonchev–Trinajstić information content (AvgIpc) is 2.59. The van der Waals surface area contributed by atoms with Crippen LogP contribution in [0.15, 0.2) is 65.6 Å². The predicted molar refractivity (Wildman–Crippen MR) is 97.2 cm³/mol. The third kappa shape index (κ3) is 4.22. The molecule has 26 heavy (non-hydrogen) atoms. The summed E-state index contributed by atoms with van der Waals surface area (Å²) in [6.45, 7) is 6.67. The molecule has 136 valence electrons. The summed E-state index contributed by atoms with van der Waals surface area (Å²) in [5.74, 6) is -0.472. The molecular weight excluding hydrogens is 356 g/mol. The number of sulfonamides is 1. The van der Waals surface area contributed by atoms with Gasteiger partial charge >= 0.3 is 0 Å². The molecule has 0 aliphatic carbocycles. The predicted octanol–water partition coefficient (Wildman–Crippen LogP) is 3.07. The maximum absolute atomic E-state index is 12.7. The number of benzene rings is 2. The number of aryl methyl sites for hydroxylation is 1. The molecule has 0 aliphatic heterocycles. The van der Waals surface area contributed by atoms with Crippen molar-refractivity contribution in [2.45, 2.75) is 24.8 Å². The standard InChI is InChI=1S/C18H18N2O5S/c1-12-8-10-15(11-9-12)26(24,25)19-18(13(2)14(3)21)16-6-4-5-7-17(16)20(22)23/h4-11,18-19H,2H2,1,3H3/t18-/m0/s1. The van der Waals surface area contributed by atoms with Gasteiger partial charge in [0.1, 0.15) is 0 Å². The van der Waals surface area contributed by atoms with E-state index in [2.05, 4.69) is 11.3 Å². The largest absolute Gasteiger partial charge is 0.295 e. The van der Waals surface area contributed by atoms with Gasteiger partial charge in [0.15, 0.2) is 5.78 Å². The van der Waals surface area contributed by atoms with E-state index in [1.54, 1.807) is 12.1 Å². The van der Waals surface area contributed by atoms with Gasteiger partial charge in [0, 0.05) is 11.6 Å². The number of carbonyl (C=O) groups excluding carboxylic acids is 1. The zero-order valence-corrected chi connectivity index (χ0v) is 15.1. The van der Waals surface area contributed by atoms with Crippen molar-refractivity contribution in [3.05, 3.63) is 81.9 Å². The summed E-state index contributed by atoms with van der Waals surface area (Å²) in [5, 5.41) is 11.3. The smallest absolute Gasteiger partial charge is 0.274 e. The maximum Gasteiger partial charge on any atom is 0.274 e. The van der Waals surface area contributed by atoms with E-state index in [4.69, 9.17) is 0 Å². The van der Waals surface area contributed by atoms with Gasteiger partial charge in [-0.1, -0.05) is 42.5 Å². The normalized spacial score (nSPS) is 12.4. The fraction of sp³-hybridized carbons (Fsp3) is 0.167. The molecule has 0 spiro atoms. The van der Waals surface area contributed by atoms with Crippen molar-refractivity contribution in [2.24, 2.45) is 0 Å². The van der Waals surface area contributed by atoms with Crippen molar-refractivity contribution in [1.29, 1.82) is 0 Å². The van der Waals surface area contributed by atoms with Gasteiger partial charge in [0.25, 0.3) is 5.69 Å². The molecule has 8 heteroatoms. The zero-order valence-electron chi connectivity index (χ0n) is 14.3. The van der Waals surface area contributed by atoms with Crippen LogP contribution in [-0.2, 0) is 14.8 Å². The highest BCUT2D eigenvalue weighted by Crippen LogP contribution is 2.31. The lowest BCUT2D eigenvalue weighted by Crippen LogP contribution is -2.31. The second kappa shape index (κ2) is 7.59. The van der Waals surface area contributed by atoms with E-state index in [0.29, 0.717) is 0 Å². The van der Waals surface area contributed by atoms with Gasteiger partial charge in [-0.15, -0.1) is 0 Å². The first kappa shape index (κ1) is 19.5. The van der Waals surface area contributed by atoms with Gasteiger partial charge < -0.3 is 0 Å². The van der Waals surface area contributed by atoms with E-state index < -0.39 is 26.8 Å². The third-order valence-electron chi connectivity index (χ3n) is 3.85. The summed E-state index contributed by atoms with van der Waals surface area (Å²) in [7, 11) is -4.03. The highest BCUT2D eigenvalue weighted by atomic mass is 32.2. The molecule has 0 heterocycles. The zero-order chi connectivity index (χ0) is 19.5. The van der Waals surface area contributed by atoms with Gasteiger partial charge in [-0.2, -0.15) is 4.72 Å². The molecule has 7 nitrogen and oxygen atoms in total. The summed E-state index contributed by atoms with van der Waals surface area (Å²) in [4.78, 5) is 22.5. The van der Waals surface area contributed by atoms with Crippen molar-refractivity contribution in [2.75, 3.05) is 0 Å². The Hall–Kier alpha value is -2.84. The van der Waals surface area contributed by atoms with Gasteiger partial charge in [-0.25, -0.2) is 8.42 Å². The first-order valence-electron chi connectivity index (χ1n) is 7.65. The fourth-order valence-corrected chi connectivity index (χ4v) is 3.57.